The predicted molar refractivity (Wildman–Crippen MR) is 91.7 cm³/mol. The smallest absolute Gasteiger partial charge is 0.223 e. The number of piperazine rings is 1. The van der Waals surface area contributed by atoms with Crippen molar-refractivity contribution in [2.75, 3.05) is 37.6 Å². The van der Waals surface area contributed by atoms with Crippen LogP contribution in [0.2, 0.25) is 0 Å². The average molecular weight is 317 g/mol. The highest BCUT2D eigenvalue weighted by Gasteiger charge is 2.32. The largest absolute Gasteiger partial charge is 0.508 e. The number of hydrogen-bond acceptors (Lipinski definition) is 4. The highest BCUT2D eigenvalue weighted by atomic mass is 16.3. The zero-order chi connectivity index (χ0) is 16.4. The van der Waals surface area contributed by atoms with Gasteiger partial charge in [-0.3, -0.25) is 4.79 Å². The van der Waals surface area contributed by atoms with E-state index in [9.17, 15) is 9.90 Å². The number of rotatable bonds is 3. The second-order valence-corrected chi connectivity index (χ2v) is 7.42. The fraction of sp³-hybridized carbons (Fsp3) is 0.611. The first-order valence-corrected chi connectivity index (χ1v) is 8.50. The van der Waals surface area contributed by atoms with E-state index in [4.69, 9.17) is 0 Å². The van der Waals surface area contributed by atoms with Crippen molar-refractivity contribution in [1.29, 1.82) is 0 Å². The first-order chi connectivity index (χ1) is 10.9. The van der Waals surface area contributed by atoms with Gasteiger partial charge in [0.05, 0.1) is 0 Å². The van der Waals surface area contributed by atoms with Gasteiger partial charge >= 0.3 is 0 Å². The summed E-state index contributed by atoms with van der Waals surface area (Å²) >= 11 is 0. The van der Waals surface area contributed by atoms with Crippen LogP contribution in [0, 0.1) is 5.92 Å². The van der Waals surface area contributed by atoms with Gasteiger partial charge in [0.25, 0.3) is 0 Å². The minimum absolute atomic E-state index is 0.169. The monoisotopic (exact) mass is 317 g/mol. The molecule has 1 aromatic carbocycles. The molecule has 2 aliphatic rings. The quantitative estimate of drug-likeness (QED) is 0.893. The second kappa shape index (κ2) is 6.40. The number of amides is 1. The SMILES string of the molecule is CC1(C)CC(CC(=O)N2CCN(c3ccc(O)cc3)CC2)CN1. The van der Waals surface area contributed by atoms with Gasteiger partial charge in [0, 0.05) is 43.8 Å². The summed E-state index contributed by atoms with van der Waals surface area (Å²) in [5, 5.41) is 12.9. The number of phenolic OH excluding ortho intramolecular Hbond substituents is 1. The maximum atomic E-state index is 12.5. The molecule has 0 saturated carbocycles. The molecule has 5 heteroatoms. The Kier molecular flexibility index (Phi) is 4.48. The molecule has 0 spiro atoms. The molecule has 3 rings (SSSR count). The summed E-state index contributed by atoms with van der Waals surface area (Å²) in [6.45, 7) is 8.62. The Morgan fingerprint density at radius 3 is 2.43 bits per heavy atom. The Morgan fingerprint density at radius 2 is 1.87 bits per heavy atom. The number of benzene rings is 1. The van der Waals surface area contributed by atoms with E-state index in [2.05, 4.69) is 24.1 Å². The van der Waals surface area contributed by atoms with E-state index in [1.165, 1.54) is 0 Å². The molecule has 1 unspecified atom stereocenters. The highest BCUT2D eigenvalue weighted by Crippen LogP contribution is 2.26. The van der Waals surface area contributed by atoms with Crippen molar-refractivity contribution >= 4 is 11.6 Å². The molecule has 2 N–H and O–H groups in total. The minimum atomic E-state index is 0.169. The van der Waals surface area contributed by atoms with Gasteiger partial charge in [-0.2, -0.15) is 0 Å². The van der Waals surface area contributed by atoms with E-state index >= 15 is 0 Å². The maximum absolute atomic E-state index is 12.5. The van der Waals surface area contributed by atoms with Crippen LogP contribution in [-0.2, 0) is 4.79 Å². The van der Waals surface area contributed by atoms with E-state index in [0.717, 1.165) is 44.8 Å². The third-order valence-corrected chi connectivity index (χ3v) is 4.98. The van der Waals surface area contributed by atoms with E-state index in [0.29, 0.717) is 18.2 Å². The van der Waals surface area contributed by atoms with Gasteiger partial charge in [-0.05, 0) is 57.0 Å². The first-order valence-electron chi connectivity index (χ1n) is 8.50. The fourth-order valence-electron chi connectivity index (χ4n) is 3.68. The highest BCUT2D eigenvalue weighted by molar-refractivity contribution is 5.77. The van der Waals surface area contributed by atoms with Crippen molar-refractivity contribution in [3.05, 3.63) is 24.3 Å². The van der Waals surface area contributed by atoms with Crippen LogP contribution in [-0.4, -0.2) is 54.2 Å². The van der Waals surface area contributed by atoms with E-state index in [-0.39, 0.29) is 11.3 Å². The van der Waals surface area contributed by atoms with Gasteiger partial charge in [-0.25, -0.2) is 0 Å². The summed E-state index contributed by atoms with van der Waals surface area (Å²) in [6.07, 6.45) is 1.74. The van der Waals surface area contributed by atoms with Crippen molar-refractivity contribution in [3.63, 3.8) is 0 Å². The Balaban J connectivity index is 1.48. The number of phenols is 1. The van der Waals surface area contributed by atoms with Gasteiger partial charge in [0.2, 0.25) is 5.91 Å². The number of anilines is 1. The second-order valence-electron chi connectivity index (χ2n) is 7.42. The number of hydrogen-bond donors (Lipinski definition) is 2. The van der Waals surface area contributed by atoms with Crippen LogP contribution < -0.4 is 10.2 Å². The maximum Gasteiger partial charge on any atom is 0.223 e. The molecule has 126 valence electrons. The Labute approximate surface area is 138 Å². The molecule has 2 aliphatic heterocycles. The van der Waals surface area contributed by atoms with Gasteiger partial charge in [-0.1, -0.05) is 0 Å². The average Bonchev–Trinajstić information content (AvgIpc) is 2.87. The lowest BCUT2D eigenvalue weighted by Gasteiger charge is -2.36. The molecule has 2 saturated heterocycles. The topological polar surface area (TPSA) is 55.8 Å². The summed E-state index contributed by atoms with van der Waals surface area (Å²) in [4.78, 5) is 16.8. The van der Waals surface area contributed by atoms with Crippen LogP contribution in [0.25, 0.3) is 0 Å². The van der Waals surface area contributed by atoms with Crippen LogP contribution >= 0.6 is 0 Å². The number of nitrogens with one attached hydrogen (secondary N) is 1. The molecule has 5 nitrogen and oxygen atoms in total. The molecule has 1 amide bonds. The molecule has 0 aromatic heterocycles. The summed E-state index contributed by atoms with van der Waals surface area (Å²) in [5.74, 6) is 1.04. The standard InChI is InChI=1S/C18H27N3O2/c1-18(2)12-14(13-19-18)11-17(23)21-9-7-20(8-10-21)15-3-5-16(22)6-4-15/h3-6,14,19,22H,7-13H2,1-2H3. The molecular formula is C18H27N3O2. The molecule has 23 heavy (non-hydrogen) atoms. The molecule has 0 radical (unpaired) electrons. The van der Waals surface area contributed by atoms with Crippen molar-refractivity contribution in [1.82, 2.24) is 10.2 Å². The minimum Gasteiger partial charge on any atom is -0.508 e. The van der Waals surface area contributed by atoms with Crippen LogP contribution in [0.1, 0.15) is 26.7 Å². The molecule has 0 bridgehead atoms. The van der Waals surface area contributed by atoms with Gasteiger partial charge < -0.3 is 20.2 Å². The van der Waals surface area contributed by atoms with Gasteiger partial charge in [0.1, 0.15) is 5.75 Å². The number of nitrogens with zero attached hydrogens (tertiary/aromatic N) is 2. The molecule has 0 aliphatic carbocycles. The summed E-state index contributed by atoms with van der Waals surface area (Å²) in [5.41, 5.74) is 1.28. The van der Waals surface area contributed by atoms with Crippen LogP contribution in [0.3, 0.4) is 0 Å². The van der Waals surface area contributed by atoms with Crippen molar-refractivity contribution in [2.45, 2.75) is 32.2 Å². The lowest BCUT2D eigenvalue weighted by atomic mass is 9.94. The lowest BCUT2D eigenvalue weighted by Crippen LogP contribution is -2.49. The van der Waals surface area contributed by atoms with Crippen LogP contribution in [0.5, 0.6) is 5.75 Å². The fourth-order valence-corrected chi connectivity index (χ4v) is 3.68. The Hall–Kier alpha value is -1.75. The van der Waals surface area contributed by atoms with Crippen molar-refractivity contribution in [3.8, 4) is 5.75 Å². The lowest BCUT2D eigenvalue weighted by molar-refractivity contribution is -0.132. The number of aromatic hydroxyl groups is 1. The zero-order valence-electron chi connectivity index (χ0n) is 14.1. The Morgan fingerprint density at radius 1 is 1.22 bits per heavy atom. The first kappa shape index (κ1) is 16.1. The normalized spacial score (nSPS) is 24.0. The van der Waals surface area contributed by atoms with Crippen LogP contribution in [0.15, 0.2) is 24.3 Å². The van der Waals surface area contributed by atoms with E-state index < -0.39 is 0 Å². The van der Waals surface area contributed by atoms with Crippen LogP contribution in [0.4, 0.5) is 5.69 Å². The summed E-state index contributed by atoms with van der Waals surface area (Å²) in [7, 11) is 0. The van der Waals surface area contributed by atoms with Crippen molar-refractivity contribution in [2.24, 2.45) is 5.92 Å². The molecule has 1 aromatic rings. The Bertz CT molecular complexity index is 548. The predicted octanol–water partition coefficient (Wildman–Crippen LogP) is 1.82. The molecule has 2 heterocycles. The van der Waals surface area contributed by atoms with Gasteiger partial charge in [-0.15, -0.1) is 0 Å². The summed E-state index contributed by atoms with van der Waals surface area (Å²) in [6, 6.07) is 7.28. The molecular weight excluding hydrogens is 290 g/mol. The molecule has 2 fully saturated rings. The molecule has 1 atom stereocenters. The van der Waals surface area contributed by atoms with E-state index in [1.807, 2.05) is 17.0 Å². The van der Waals surface area contributed by atoms with Crippen molar-refractivity contribution < 1.29 is 9.90 Å². The zero-order valence-corrected chi connectivity index (χ0v) is 14.1. The summed E-state index contributed by atoms with van der Waals surface area (Å²) < 4.78 is 0. The third kappa shape index (κ3) is 3.96. The third-order valence-electron chi connectivity index (χ3n) is 4.98. The number of carbonyl (C=O) groups is 1. The van der Waals surface area contributed by atoms with Gasteiger partial charge in [0.15, 0.2) is 0 Å². The number of carbonyl (C=O) groups excluding carboxylic acids is 1. The van der Waals surface area contributed by atoms with E-state index in [1.54, 1.807) is 12.1 Å².